The van der Waals surface area contributed by atoms with Crippen molar-refractivity contribution < 1.29 is 23.5 Å². The van der Waals surface area contributed by atoms with E-state index in [0.29, 0.717) is 35.8 Å². The highest BCUT2D eigenvalue weighted by molar-refractivity contribution is 5.83. The van der Waals surface area contributed by atoms with E-state index in [1.54, 1.807) is 30.3 Å². The zero-order chi connectivity index (χ0) is 17.8. The Kier molecular flexibility index (Phi) is 5.16. The van der Waals surface area contributed by atoms with Gasteiger partial charge in [-0.05, 0) is 36.6 Å². The molecule has 2 N–H and O–H groups in total. The van der Waals surface area contributed by atoms with Crippen LogP contribution < -0.4 is 5.32 Å². The Balaban J connectivity index is 1.54. The maximum atomic E-state index is 13.7. The molecule has 0 bridgehead atoms. The summed E-state index contributed by atoms with van der Waals surface area (Å²) in [6.07, 6.45) is 3.00. The summed E-state index contributed by atoms with van der Waals surface area (Å²) in [7, 11) is 0. The molecule has 1 atom stereocenters. The van der Waals surface area contributed by atoms with E-state index in [1.807, 2.05) is 0 Å². The van der Waals surface area contributed by atoms with Gasteiger partial charge in [0.25, 0.3) is 0 Å². The molecule has 0 aliphatic heterocycles. The van der Waals surface area contributed by atoms with Gasteiger partial charge in [0, 0.05) is 12.8 Å². The minimum atomic E-state index is -1.000. The highest BCUT2D eigenvalue weighted by atomic mass is 19.1. The van der Waals surface area contributed by atoms with Gasteiger partial charge < -0.3 is 14.8 Å². The smallest absolute Gasteiger partial charge is 0.326 e. The number of hydrogen-bond donors (Lipinski definition) is 2. The Morgan fingerprint density at radius 1 is 1.24 bits per heavy atom. The normalized spacial score (nSPS) is 14.9. The number of amides is 1. The third-order valence-corrected chi connectivity index (χ3v) is 4.30. The first-order chi connectivity index (χ1) is 12.0. The number of nitrogens with one attached hydrogen (secondary N) is 1. The maximum Gasteiger partial charge on any atom is 0.326 e. The van der Waals surface area contributed by atoms with E-state index in [9.17, 15) is 19.1 Å². The second kappa shape index (κ2) is 7.51. The molecule has 1 heterocycles. The van der Waals surface area contributed by atoms with Crippen LogP contribution in [0.2, 0.25) is 0 Å². The van der Waals surface area contributed by atoms with Gasteiger partial charge in [0.2, 0.25) is 5.91 Å². The quantitative estimate of drug-likeness (QED) is 0.769. The second-order valence-corrected chi connectivity index (χ2v) is 6.38. The Morgan fingerprint density at radius 2 is 2.00 bits per heavy atom. The van der Waals surface area contributed by atoms with Gasteiger partial charge in [0.1, 0.15) is 23.4 Å². The molecule has 1 aliphatic carbocycles. The molecule has 0 spiro atoms. The van der Waals surface area contributed by atoms with E-state index in [0.717, 1.165) is 12.8 Å². The molecular formula is C19H20FNO4. The molecule has 132 valence electrons. The predicted octanol–water partition coefficient (Wildman–Crippen LogP) is 3.39. The molecular weight excluding hydrogens is 325 g/mol. The standard InChI is InChI=1S/C19H20FNO4/c20-15-4-2-1-3-14(15)17-9-7-13(25-17)8-10-18(22)21-16(19(23)24)11-12-5-6-12/h1-4,7,9,12,16H,5-6,8,10-11H2,(H,21,22)(H,23,24). The van der Waals surface area contributed by atoms with Gasteiger partial charge in [-0.25, -0.2) is 9.18 Å². The molecule has 1 aromatic heterocycles. The van der Waals surface area contributed by atoms with Gasteiger partial charge in [0.15, 0.2) is 0 Å². The molecule has 0 saturated heterocycles. The number of benzene rings is 1. The lowest BCUT2D eigenvalue weighted by Gasteiger charge is -2.13. The van der Waals surface area contributed by atoms with Crippen molar-refractivity contribution in [2.45, 2.75) is 38.1 Å². The van der Waals surface area contributed by atoms with Crippen molar-refractivity contribution in [3.05, 3.63) is 48.0 Å². The summed E-state index contributed by atoms with van der Waals surface area (Å²) in [4.78, 5) is 23.2. The number of hydrogen-bond acceptors (Lipinski definition) is 3. The number of aryl methyl sites for hydroxylation is 1. The minimum absolute atomic E-state index is 0.124. The van der Waals surface area contributed by atoms with Crippen LogP contribution in [0.3, 0.4) is 0 Å². The highest BCUT2D eigenvalue weighted by Crippen LogP contribution is 2.33. The summed E-state index contributed by atoms with van der Waals surface area (Å²) < 4.78 is 19.3. The van der Waals surface area contributed by atoms with Crippen molar-refractivity contribution in [1.29, 1.82) is 0 Å². The van der Waals surface area contributed by atoms with Crippen LogP contribution in [-0.4, -0.2) is 23.0 Å². The van der Waals surface area contributed by atoms with Gasteiger partial charge in [-0.2, -0.15) is 0 Å². The van der Waals surface area contributed by atoms with E-state index in [1.165, 1.54) is 6.07 Å². The minimum Gasteiger partial charge on any atom is -0.480 e. The maximum absolute atomic E-state index is 13.7. The van der Waals surface area contributed by atoms with Gasteiger partial charge in [0.05, 0.1) is 5.56 Å². The molecule has 1 amide bonds. The summed E-state index contributed by atoms with van der Waals surface area (Å²) in [6.45, 7) is 0. The van der Waals surface area contributed by atoms with Crippen molar-refractivity contribution in [3.63, 3.8) is 0 Å². The molecule has 1 unspecified atom stereocenters. The first-order valence-corrected chi connectivity index (χ1v) is 8.38. The van der Waals surface area contributed by atoms with Crippen LogP contribution in [0.1, 0.15) is 31.4 Å². The highest BCUT2D eigenvalue weighted by Gasteiger charge is 2.30. The molecule has 2 aromatic rings. The molecule has 6 heteroatoms. The molecule has 1 aliphatic rings. The zero-order valence-corrected chi connectivity index (χ0v) is 13.7. The van der Waals surface area contributed by atoms with Crippen LogP contribution in [0.15, 0.2) is 40.8 Å². The van der Waals surface area contributed by atoms with E-state index in [2.05, 4.69) is 5.32 Å². The van der Waals surface area contributed by atoms with E-state index in [4.69, 9.17) is 4.42 Å². The fourth-order valence-corrected chi connectivity index (χ4v) is 2.73. The first-order valence-electron chi connectivity index (χ1n) is 8.38. The van der Waals surface area contributed by atoms with Crippen LogP contribution in [0, 0.1) is 11.7 Å². The van der Waals surface area contributed by atoms with Gasteiger partial charge in [-0.1, -0.05) is 25.0 Å². The van der Waals surface area contributed by atoms with Crippen LogP contribution in [0.4, 0.5) is 4.39 Å². The molecule has 0 radical (unpaired) electrons. The number of furan rings is 1. The SMILES string of the molecule is O=C(CCc1ccc(-c2ccccc2F)o1)NC(CC1CC1)C(=O)O. The molecule has 25 heavy (non-hydrogen) atoms. The van der Waals surface area contributed by atoms with Crippen molar-refractivity contribution in [2.24, 2.45) is 5.92 Å². The monoisotopic (exact) mass is 345 g/mol. The van der Waals surface area contributed by atoms with E-state index in [-0.39, 0.29) is 18.1 Å². The number of halogens is 1. The summed E-state index contributed by atoms with van der Waals surface area (Å²) >= 11 is 0. The fraction of sp³-hybridized carbons (Fsp3) is 0.368. The molecule has 1 aromatic carbocycles. The summed E-state index contributed by atoms with van der Waals surface area (Å²) in [6, 6.07) is 8.85. The van der Waals surface area contributed by atoms with Crippen LogP contribution in [0.25, 0.3) is 11.3 Å². The summed E-state index contributed by atoms with van der Waals surface area (Å²) in [5.41, 5.74) is 0.369. The summed E-state index contributed by atoms with van der Waals surface area (Å²) in [5.74, 6) is -0.314. The largest absolute Gasteiger partial charge is 0.480 e. The Labute approximate surface area is 144 Å². The second-order valence-electron chi connectivity index (χ2n) is 6.38. The number of aliphatic carboxylic acids is 1. The summed E-state index contributed by atoms with van der Waals surface area (Å²) in [5, 5.41) is 11.7. The van der Waals surface area contributed by atoms with Gasteiger partial charge >= 0.3 is 5.97 Å². The van der Waals surface area contributed by atoms with Crippen molar-refractivity contribution in [3.8, 4) is 11.3 Å². The number of carbonyl (C=O) groups excluding carboxylic acids is 1. The van der Waals surface area contributed by atoms with E-state index < -0.39 is 12.0 Å². The zero-order valence-electron chi connectivity index (χ0n) is 13.7. The lowest BCUT2D eigenvalue weighted by molar-refractivity contribution is -0.142. The van der Waals surface area contributed by atoms with Gasteiger partial charge in [-0.3, -0.25) is 4.79 Å². The van der Waals surface area contributed by atoms with E-state index >= 15 is 0 Å². The molecule has 1 saturated carbocycles. The number of carbonyl (C=O) groups is 2. The molecule has 1 fully saturated rings. The number of rotatable bonds is 8. The first kappa shape index (κ1) is 17.2. The average Bonchev–Trinajstić information content (AvgIpc) is 3.28. The van der Waals surface area contributed by atoms with Crippen molar-refractivity contribution in [1.82, 2.24) is 5.32 Å². The van der Waals surface area contributed by atoms with Gasteiger partial charge in [-0.15, -0.1) is 0 Å². The average molecular weight is 345 g/mol. The van der Waals surface area contributed by atoms with Crippen molar-refractivity contribution >= 4 is 11.9 Å². The molecule has 3 rings (SSSR count). The van der Waals surface area contributed by atoms with Crippen LogP contribution in [0.5, 0.6) is 0 Å². The predicted molar refractivity (Wildman–Crippen MR) is 89.3 cm³/mol. The fourth-order valence-electron chi connectivity index (χ4n) is 2.73. The Hall–Kier alpha value is -2.63. The third-order valence-electron chi connectivity index (χ3n) is 4.30. The van der Waals surface area contributed by atoms with Crippen molar-refractivity contribution in [2.75, 3.05) is 0 Å². The van der Waals surface area contributed by atoms with Crippen LogP contribution >= 0.6 is 0 Å². The Morgan fingerprint density at radius 3 is 2.68 bits per heavy atom. The molecule has 5 nitrogen and oxygen atoms in total. The number of carboxylic acid groups (broad SMARTS) is 1. The van der Waals surface area contributed by atoms with Crippen LogP contribution in [-0.2, 0) is 16.0 Å². The topological polar surface area (TPSA) is 79.5 Å². The Bertz CT molecular complexity index is 766. The third kappa shape index (κ3) is 4.68. The number of carboxylic acids is 1. The lowest BCUT2D eigenvalue weighted by atomic mass is 10.1. The lowest BCUT2D eigenvalue weighted by Crippen LogP contribution is -2.41.